The number of aromatic nitrogens is 1. The van der Waals surface area contributed by atoms with Crippen LogP contribution in [0.1, 0.15) is 50.6 Å². The topological polar surface area (TPSA) is 65.8 Å². The first-order chi connectivity index (χ1) is 11.8. The molecule has 1 N–H and O–H groups in total. The number of hydrogen-bond acceptors (Lipinski definition) is 4. The van der Waals surface area contributed by atoms with Crippen LogP contribution in [0, 0.1) is 18.3 Å². The van der Waals surface area contributed by atoms with Gasteiger partial charge in [-0.15, -0.1) is 11.3 Å². The number of nitrogens with one attached hydrogen (secondary N) is 1. The van der Waals surface area contributed by atoms with Crippen LogP contribution in [0.4, 0.5) is 18.2 Å². The van der Waals surface area contributed by atoms with E-state index in [-0.39, 0.29) is 11.3 Å². The van der Waals surface area contributed by atoms with Crippen molar-refractivity contribution >= 4 is 22.2 Å². The molecule has 1 aliphatic rings. The van der Waals surface area contributed by atoms with Crippen molar-refractivity contribution in [2.75, 3.05) is 5.32 Å². The van der Waals surface area contributed by atoms with Gasteiger partial charge in [0.15, 0.2) is 0 Å². The second kappa shape index (κ2) is 6.48. The summed E-state index contributed by atoms with van der Waals surface area (Å²) in [6.07, 6.45) is -0.807. The predicted octanol–water partition coefficient (Wildman–Crippen LogP) is 4.47. The Morgan fingerprint density at radius 2 is 2.04 bits per heavy atom. The molecule has 4 nitrogen and oxygen atoms in total. The van der Waals surface area contributed by atoms with Crippen LogP contribution in [0.25, 0.3) is 0 Å². The number of carbonyl (C=O) groups excluding carboxylic acids is 1. The number of pyridine rings is 1. The van der Waals surface area contributed by atoms with Crippen LogP contribution in [0.2, 0.25) is 0 Å². The first-order valence-corrected chi connectivity index (χ1v) is 8.53. The Kier molecular flexibility index (Phi) is 4.52. The van der Waals surface area contributed by atoms with Gasteiger partial charge in [-0.2, -0.15) is 18.4 Å². The number of amides is 1. The van der Waals surface area contributed by atoms with Gasteiger partial charge in [-0.1, -0.05) is 0 Å². The molecule has 25 heavy (non-hydrogen) atoms. The van der Waals surface area contributed by atoms with Gasteiger partial charge in [-0.3, -0.25) is 4.79 Å². The molecule has 0 aliphatic heterocycles. The van der Waals surface area contributed by atoms with E-state index in [1.165, 1.54) is 18.3 Å². The van der Waals surface area contributed by atoms with Crippen LogP contribution in [0.3, 0.4) is 0 Å². The SMILES string of the molecule is Cc1nc(C(F)(F)F)ccc1C(=O)Nc1sc2c(c1C#N)CCCC2. The molecule has 0 aromatic carbocycles. The zero-order valence-electron chi connectivity index (χ0n) is 13.3. The van der Waals surface area contributed by atoms with Crippen LogP contribution < -0.4 is 5.32 Å². The monoisotopic (exact) mass is 365 g/mol. The molecule has 0 saturated heterocycles. The Hall–Kier alpha value is -2.40. The van der Waals surface area contributed by atoms with Crippen molar-refractivity contribution in [1.82, 2.24) is 4.98 Å². The number of nitrogens with zero attached hydrogens (tertiary/aromatic N) is 2. The number of halogens is 3. The summed E-state index contributed by atoms with van der Waals surface area (Å²) in [5.41, 5.74) is 0.461. The van der Waals surface area contributed by atoms with Gasteiger partial charge in [0.05, 0.1) is 16.8 Å². The van der Waals surface area contributed by atoms with Crippen molar-refractivity contribution in [3.63, 3.8) is 0 Å². The quantitative estimate of drug-likeness (QED) is 0.854. The molecule has 2 heterocycles. The normalized spacial score (nSPS) is 13.9. The molecule has 0 radical (unpaired) electrons. The van der Waals surface area contributed by atoms with E-state index < -0.39 is 17.8 Å². The molecule has 1 aliphatic carbocycles. The summed E-state index contributed by atoms with van der Waals surface area (Å²) < 4.78 is 38.0. The van der Waals surface area contributed by atoms with Crippen LogP contribution in [-0.4, -0.2) is 10.9 Å². The van der Waals surface area contributed by atoms with Crippen molar-refractivity contribution in [2.45, 2.75) is 38.8 Å². The minimum Gasteiger partial charge on any atom is -0.312 e. The number of thiophene rings is 1. The number of nitriles is 1. The van der Waals surface area contributed by atoms with Crippen LogP contribution in [-0.2, 0) is 19.0 Å². The zero-order valence-corrected chi connectivity index (χ0v) is 14.1. The van der Waals surface area contributed by atoms with Gasteiger partial charge in [-0.25, -0.2) is 4.98 Å². The maximum atomic E-state index is 12.7. The maximum Gasteiger partial charge on any atom is 0.433 e. The van der Waals surface area contributed by atoms with E-state index in [2.05, 4.69) is 16.4 Å². The molecule has 3 rings (SSSR count). The van der Waals surface area contributed by atoms with Gasteiger partial charge in [0.2, 0.25) is 0 Å². The number of carbonyl (C=O) groups is 1. The maximum absolute atomic E-state index is 12.7. The average molecular weight is 365 g/mol. The van der Waals surface area contributed by atoms with Crippen LogP contribution in [0.15, 0.2) is 12.1 Å². The Morgan fingerprint density at radius 3 is 2.68 bits per heavy atom. The first-order valence-electron chi connectivity index (χ1n) is 7.72. The molecule has 0 unspecified atom stereocenters. The van der Waals surface area contributed by atoms with Gasteiger partial charge in [0.25, 0.3) is 5.91 Å². The Morgan fingerprint density at radius 1 is 1.32 bits per heavy atom. The second-order valence-electron chi connectivity index (χ2n) is 5.81. The molecule has 0 saturated carbocycles. The molecule has 130 valence electrons. The van der Waals surface area contributed by atoms with Crippen molar-refractivity contribution < 1.29 is 18.0 Å². The fourth-order valence-corrected chi connectivity index (χ4v) is 4.14. The fourth-order valence-electron chi connectivity index (χ4n) is 2.90. The number of anilines is 1. The lowest BCUT2D eigenvalue weighted by molar-refractivity contribution is -0.141. The van der Waals surface area contributed by atoms with E-state index >= 15 is 0 Å². The van der Waals surface area contributed by atoms with Gasteiger partial charge >= 0.3 is 6.18 Å². The molecule has 8 heteroatoms. The van der Waals surface area contributed by atoms with Gasteiger partial charge in [-0.05, 0) is 50.3 Å². The standard InChI is InChI=1S/C17H14F3N3OS/c1-9-10(6-7-14(22-9)17(18,19)20)15(24)23-16-12(8-21)11-4-2-3-5-13(11)25-16/h6-7H,2-5H2,1H3,(H,23,24). The number of fused-ring (bicyclic) bond motifs is 1. The summed E-state index contributed by atoms with van der Waals surface area (Å²) in [6.45, 7) is 1.36. The largest absolute Gasteiger partial charge is 0.433 e. The van der Waals surface area contributed by atoms with E-state index in [0.717, 1.165) is 48.3 Å². The summed E-state index contributed by atoms with van der Waals surface area (Å²) >= 11 is 1.37. The summed E-state index contributed by atoms with van der Waals surface area (Å²) in [4.78, 5) is 17.0. The van der Waals surface area contributed by atoms with Crippen molar-refractivity contribution in [1.29, 1.82) is 5.26 Å². The highest BCUT2D eigenvalue weighted by molar-refractivity contribution is 7.16. The van der Waals surface area contributed by atoms with E-state index in [0.29, 0.717) is 10.6 Å². The number of hydrogen-bond donors (Lipinski definition) is 1. The average Bonchev–Trinajstić information content (AvgIpc) is 2.90. The van der Waals surface area contributed by atoms with Crippen molar-refractivity contribution in [3.8, 4) is 6.07 Å². The molecular formula is C17H14F3N3OS. The molecule has 0 atom stereocenters. The van der Waals surface area contributed by atoms with E-state index in [4.69, 9.17) is 0 Å². The number of aryl methyl sites for hydroxylation is 2. The second-order valence-corrected chi connectivity index (χ2v) is 6.91. The summed E-state index contributed by atoms with van der Waals surface area (Å²) in [5.74, 6) is -0.561. The van der Waals surface area contributed by atoms with E-state index in [1.807, 2.05) is 0 Å². The molecule has 2 aromatic heterocycles. The highest BCUT2D eigenvalue weighted by Crippen LogP contribution is 2.38. The number of alkyl halides is 3. The minimum atomic E-state index is -4.56. The van der Waals surface area contributed by atoms with Gasteiger partial charge < -0.3 is 5.32 Å². The highest BCUT2D eigenvalue weighted by atomic mass is 32.1. The van der Waals surface area contributed by atoms with E-state index in [9.17, 15) is 23.2 Å². The molecule has 0 spiro atoms. The Labute approximate surface area is 146 Å². The van der Waals surface area contributed by atoms with Crippen molar-refractivity contribution in [2.24, 2.45) is 0 Å². The van der Waals surface area contributed by atoms with Crippen LogP contribution in [0.5, 0.6) is 0 Å². The van der Waals surface area contributed by atoms with Crippen LogP contribution >= 0.6 is 11.3 Å². The summed E-state index contributed by atoms with van der Waals surface area (Å²) in [7, 11) is 0. The van der Waals surface area contributed by atoms with Gasteiger partial charge in [0, 0.05) is 4.88 Å². The molecular weight excluding hydrogens is 351 g/mol. The minimum absolute atomic E-state index is 0.00727. The third-order valence-corrected chi connectivity index (χ3v) is 5.34. The fraction of sp³-hybridized carbons (Fsp3) is 0.353. The first kappa shape index (κ1) is 17.4. The lowest BCUT2D eigenvalue weighted by Gasteiger charge is -2.10. The lowest BCUT2D eigenvalue weighted by Crippen LogP contribution is -2.16. The van der Waals surface area contributed by atoms with Crippen molar-refractivity contribution in [3.05, 3.63) is 45.1 Å². The van der Waals surface area contributed by atoms with E-state index in [1.54, 1.807) is 0 Å². The molecule has 0 fully saturated rings. The molecule has 0 bridgehead atoms. The highest BCUT2D eigenvalue weighted by Gasteiger charge is 2.33. The third-order valence-electron chi connectivity index (χ3n) is 4.13. The smallest absolute Gasteiger partial charge is 0.312 e. The predicted molar refractivity (Wildman–Crippen MR) is 87.6 cm³/mol. The number of rotatable bonds is 2. The lowest BCUT2D eigenvalue weighted by atomic mass is 9.96. The zero-order chi connectivity index (χ0) is 18.2. The Bertz CT molecular complexity index is 880. The molecule has 2 aromatic rings. The summed E-state index contributed by atoms with van der Waals surface area (Å²) in [6, 6.07) is 4.03. The van der Waals surface area contributed by atoms with Gasteiger partial charge in [0.1, 0.15) is 16.8 Å². The summed E-state index contributed by atoms with van der Waals surface area (Å²) in [5, 5.41) is 12.5. The Balaban J connectivity index is 1.89. The molecule has 1 amide bonds. The third kappa shape index (κ3) is 3.37.